The molecule has 1 aliphatic rings. The average molecular weight is 421 g/mol. The highest BCUT2D eigenvalue weighted by Gasteiger charge is 2.51. The lowest BCUT2D eigenvalue weighted by molar-refractivity contribution is -0.140. The van der Waals surface area contributed by atoms with E-state index in [4.69, 9.17) is 0 Å². The minimum atomic E-state index is -1.01. The highest BCUT2D eigenvalue weighted by atomic mass is 16.2. The molecule has 0 saturated carbocycles. The summed E-state index contributed by atoms with van der Waals surface area (Å²) in [5.74, 6) is -2.43. The summed E-state index contributed by atoms with van der Waals surface area (Å²) in [6, 6.07) is 14.4. The minimum absolute atomic E-state index is 0.282. The summed E-state index contributed by atoms with van der Waals surface area (Å²) in [4.78, 5) is 43.3. The van der Waals surface area contributed by atoms with Crippen LogP contribution < -0.4 is 0 Å². The number of rotatable bonds is 9. The van der Waals surface area contributed by atoms with Crippen LogP contribution in [0.25, 0.3) is 0 Å². The maximum absolute atomic E-state index is 13.4. The summed E-state index contributed by atoms with van der Waals surface area (Å²) in [7, 11) is 0. The molecule has 5 heteroatoms. The van der Waals surface area contributed by atoms with Gasteiger partial charge in [0.25, 0.3) is 5.91 Å². The molecule has 2 atom stereocenters. The first kappa shape index (κ1) is 22.9. The van der Waals surface area contributed by atoms with Crippen LogP contribution in [0.5, 0.6) is 0 Å². The number of likely N-dealkylation sites (tertiary alicyclic amines) is 1. The molecule has 1 heterocycles. The number of aryl methyl sites for hydroxylation is 2. The van der Waals surface area contributed by atoms with E-state index < -0.39 is 23.7 Å². The second-order valence-corrected chi connectivity index (χ2v) is 8.31. The van der Waals surface area contributed by atoms with Crippen LogP contribution in [0.2, 0.25) is 0 Å². The number of amides is 1. The van der Waals surface area contributed by atoms with Crippen molar-refractivity contribution in [2.45, 2.75) is 40.2 Å². The summed E-state index contributed by atoms with van der Waals surface area (Å²) >= 11 is 0. The molecule has 0 spiro atoms. The smallest absolute Gasteiger partial charge is 0.291 e. The van der Waals surface area contributed by atoms with E-state index in [-0.39, 0.29) is 5.78 Å². The molecular weight excluding hydrogens is 388 g/mol. The Morgan fingerprint density at radius 1 is 0.903 bits per heavy atom. The number of hydrogen-bond acceptors (Lipinski definition) is 4. The summed E-state index contributed by atoms with van der Waals surface area (Å²) in [6.07, 6.45) is 0.758. The van der Waals surface area contributed by atoms with Crippen molar-refractivity contribution < 1.29 is 14.4 Å². The fourth-order valence-electron chi connectivity index (χ4n) is 4.27. The molecule has 2 aromatic rings. The Labute approximate surface area is 185 Å². The Morgan fingerprint density at radius 2 is 1.45 bits per heavy atom. The monoisotopic (exact) mass is 420 g/mol. The average Bonchev–Trinajstić information content (AvgIpc) is 3.02. The standard InChI is InChI=1S/C26H32N2O3/c1-5-27(6-2)16-7-17-28-23(20-12-8-18(3)9-13-20)22(25(30)26(28)31)24(29)21-14-10-19(4)11-15-21/h8-15,22-23H,5-7,16-17H2,1-4H3. The largest absolute Gasteiger partial charge is 0.328 e. The molecule has 0 bridgehead atoms. The van der Waals surface area contributed by atoms with Crippen LogP contribution in [0, 0.1) is 19.8 Å². The third-order valence-corrected chi connectivity index (χ3v) is 6.21. The Kier molecular flexibility index (Phi) is 7.39. The summed E-state index contributed by atoms with van der Waals surface area (Å²) in [5.41, 5.74) is 3.43. The summed E-state index contributed by atoms with van der Waals surface area (Å²) in [6.45, 7) is 11.4. The van der Waals surface area contributed by atoms with Crippen LogP contribution in [0.1, 0.15) is 53.4 Å². The van der Waals surface area contributed by atoms with E-state index >= 15 is 0 Å². The maximum Gasteiger partial charge on any atom is 0.291 e. The summed E-state index contributed by atoms with van der Waals surface area (Å²) < 4.78 is 0. The van der Waals surface area contributed by atoms with Crippen molar-refractivity contribution in [3.8, 4) is 0 Å². The predicted molar refractivity (Wildman–Crippen MR) is 122 cm³/mol. The second-order valence-electron chi connectivity index (χ2n) is 8.31. The van der Waals surface area contributed by atoms with Crippen molar-refractivity contribution in [2.24, 2.45) is 5.92 Å². The van der Waals surface area contributed by atoms with E-state index in [1.54, 1.807) is 17.0 Å². The van der Waals surface area contributed by atoms with Crippen molar-refractivity contribution in [3.63, 3.8) is 0 Å². The van der Waals surface area contributed by atoms with Crippen molar-refractivity contribution in [2.75, 3.05) is 26.2 Å². The van der Waals surface area contributed by atoms with Crippen molar-refractivity contribution in [1.29, 1.82) is 0 Å². The first-order valence-electron chi connectivity index (χ1n) is 11.1. The molecule has 0 N–H and O–H groups in total. The number of ketones is 2. The molecule has 31 heavy (non-hydrogen) atoms. The highest BCUT2D eigenvalue weighted by molar-refractivity contribution is 6.44. The minimum Gasteiger partial charge on any atom is -0.328 e. The lowest BCUT2D eigenvalue weighted by Crippen LogP contribution is -2.34. The molecule has 1 saturated heterocycles. The Balaban J connectivity index is 1.93. The maximum atomic E-state index is 13.4. The lowest BCUT2D eigenvalue weighted by Gasteiger charge is -2.28. The van der Waals surface area contributed by atoms with Crippen molar-refractivity contribution in [3.05, 3.63) is 70.8 Å². The van der Waals surface area contributed by atoms with E-state index in [0.717, 1.165) is 42.7 Å². The van der Waals surface area contributed by atoms with Gasteiger partial charge >= 0.3 is 0 Å². The number of carbonyl (C=O) groups is 3. The normalized spacial score (nSPS) is 18.8. The molecule has 5 nitrogen and oxygen atoms in total. The van der Waals surface area contributed by atoms with Crippen molar-refractivity contribution >= 4 is 17.5 Å². The number of hydrogen-bond donors (Lipinski definition) is 0. The van der Waals surface area contributed by atoms with Gasteiger partial charge in [0.05, 0.1) is 6.04 Å². The molecule has 1 amide bonds. The SMILES string of the molecule is CCN(CC)CCCN1C(=O)C(=O)C(C(=O)c2ccc(C)cc2)C1c1ccc(C)cc1. The van der Waals surface area contributed by atoms with Gasteiger partial charge in [0.1, 0.15) is 5.92 Å². The number of benzene rings is 2. The van der Waals surface area contributed by atoms with Gasteiger partial charge in [-0.2, -0.15) is 0 Å². The quantitative estimate of drug-likeness (QED) is 0.350. The van der Waals surface area contributed by atoms with Crippen LogP contribution in [0.15, 0.2) is 48.5 Å². The first-order valence-corrected chi connectivity index (χ1v) is 11.1. The van der Waals surface area contributed by atoms with Crippen LogP contribution in [-0.2, 0) is 9.59 Å². The number of carbonyl (C=O) groups excluding carboxylic acids is 3. The molecule has 0 aromatic heterocycles. The van der Waals surface area contributed by atoms with E-state index in [1.807, 2.05) is 50.2 Å². The van der Waals surface area contributed by atoms with E-state index in [9.17, 15) is 14.4 Å². The predicted octanol–water partition coefficient (Wildman–Crippen LogP) is 3.99. The third-order valence-electron chi connectivity index (χ3n) is 6.21. The number of nitrogens with zero attached hydrogens (tertiary/aromatic N) is 2. The van der Waals surface area contributed by atoms with Crippen molar-refractivity contribution in [1.82, 2.24) is 9.80 Å². The van der Waals surface area contributed by atoms with Crippen LogP contribution in [-0.4, -0.2) is 53.5 Å². The number of Topliss-reactive ketones (excluding diaryl/α,β-unsaturated/α-hetero) is 2. The van der Waals surface area contributed by atoms with Gasteiger partial charge in [-0.3, -0.25) is 14.4 Å². The van der Waals surface area contributed by atoms with Gasteiger partial charge < -0.3 is 9.80 Å². The molecule has 2 aromatic carbocycles. The van der Waals surface area contributed by atoms with Crippen LogP contribution in [0.3, 0.4) is 0 Å². The van der Waals surface area contributed by atoms with Gasteiger partial charge in [-0.1, -0.05) is 73.5 Å². The lowest BCUT2D eigenvalue weighted by atomic mass is 9.86. The molecular formula is C26H32N2O3. The van der Waals surface area contributed by atoms with Gasteiger partial charge in [0.15, 0.2) is 5.78 Å². The van der Waals surface area contributed by atoms with Gasteiger partial charge in [-0.05, 0) is 45.5 Å². The molecule has 0 radical (unpaired) electrons. The fourth-order valence-corrected chi connectivity index (χ4v) is 4.27. The Morgan fingerprint density at radius 3 is 2.00 bits per heavy atom. The van der Waals surface area contributed by atoms with Gasteiger partial charge in [0, 0.05) is 12.1 Å². The van der Waals surface area contributed by atoms with E-state index in [0.29, 0.717) is 12.1 Å². The fraction of sp³-hybridized carbons (Fsp3) is 0.423. The Bertz CT molecular complexity index is 930. The van der Waals surface area contributed by atoms with Gasteiger partial charge in [-0.15, -0.1) is 0 Å². The molecule has 2 unspecified atom stereocenters. The van der Waals surface area contributed by atoms with E-state index in [2.05, 4.69) is 18.7 Å². The topological polar surface area (TPSA) is 57.7 Å². The zero-order chi connectivity index (χ0) is 22.5. The van der Waals surface area contributed by atoms with Gasteiger partial charge in [0.2, 0.25) is 5.78 Å². The molecule has 164 valence electrons. The van der Waals surface area contributed by atoms with Crippen LogP contribution in [0.4, 0.5) is 0 Å². The van der Waals surface area contributed by atoms with E-state index in [1.165, 1.54) is 0 Å². The molecule has 3 rings (SSSR count). The van der Waals surface area contributed by atoms with Crippen LogP contribution >= 0.6 is 0 Å². The molecule has 1 aliphatic heterocycles. The molecule has 0 aliphatic carbocycles. The third kappa shape index (κ3) is 4.93. The van der Waals surface area contributed by atoms with Gasteiger partial charge in [-0.25, -0.2) is 0 Å². The molecule has 1 fully saturated rings. The Hall–Kier alpha value is -2.79. The highest BCUT2D eigenvalue weighted by Crippen LogP contribution is 2.38. The first-order chi connectivity index (χ1) is 14.9. The second kappa shape index (κ2) is 10.0. The zero-order valence-electron chi connectivity index (χ0n) is 18.9. The summed E-state index contributed by atoms with van der Waals surface area (Å²) in [5, 5.41) is 0. The zero-order valence-corrected chi connectivity index (χ0v) is 18.9.